The van der Waals surface area contributed by atoms with E-state index in [4.69, 9.17) is 9.84 Å². The van der Waals surface area contributed by atoms with Gasteiger partial charge in [0.1, 0.15) is 5.75 Å². The molecular formula is C21H25N3O4. The zero-order valence-electron chi connectivity index (χ0n) is 16.1. The Morgan fingerprint density at radius 3 is 2.79 bits per heavy atom. The number of carbonyl (C=O) groups is 2. The minimum Gasteiger partial charge on any atom is -0.497 e. The van der Waals surface area contributed by atoms with Crippen LogP contribution in [0.1, 0.15) is 41.0 Å². The number of benzene rings is 1. The first-order valence-electron chi connectivity index (χ1n) is 9.33. The molecule has 1 fully saturated rings. The number of rotatable bonds is 8. The molecule has 1 unspecified atom stereocenters. The molecule has 2 heterocycles. The van der Waals surface area contributed by atoms with E-state index in [-0.39, 0.29) is 23.4 Å². The first-order chi connectivity index (χ1) is 13.5. The molecule has 1 saturated heterocycles. The summed E-state index contributed by atoms with van der Waals surface area (Å²) in [6.07, 6.45) is 2.29. The van der Waals surface area contributed by atoms with Crippen LogP contribution in [-0.4, -0.2) is 47.1 Å². The number of amides is 1. The van der Waals surface area contributed by atoms with E-state index in [0.29, 0.717) is 18.8 Å². The molecule has 0 aliphatic carbocycles. The number of nitrogens with one attached hydrogen (secondary N) is 1. The van der Waals surface area contributed by atoms with Crippen molar-refractivity contribution in [2.75, 3.05) is 20.2 Å². The van der Waals surface area contributed by atoms with E-state index >= 15 is 0 Å². The number of aromatic carboxylic acids is 1. The highest BCUT2D eigenvalue weighted by Crippen LogP contribution is 2.29. The fourth-order valence-electron chi connectivity index (χ4n) is 3.48. The Bertz CT molecular complexity index is 838. The monoisotopic (exact) mass is 383 g/mol. The number of ether oxygens (including phenoxy) is 1. The number of nitrogens with zero attached hydrogens (tertiary/aromatic N) is 2. The van der Waals surface area contributed by atoms with Gasteiger partial charge in [0.2, 0.25) is 5.91 Å². The molecule has 2 aromatic rings. The summed E-state index contributed by atoms with van der Waals surface area (Å²) in [4.78, 5) is 29.9. The van der Waals surface area contributed by atoms with Gasteiger partial charge in [0, 0.05) is 25.8 Å². The number of likely N-dealkylation sites (tertiary alicyclic amines) is 1. The van der Waals surface area contributed by atoms with Crippen LogP contribution in [0.25, 0.3) is 0 Å². The standard InChI is InChI=1S/C21H25N3O4/c1-14(15-3-5-19(28-2)6-4-15)24-10-8-17(20(24)25)12-22-13-18-11-16(21(26)27)7-9-23-18/h3-7,9,11,14,17,22H,8,10,12-13H2,1-2H3,(H,26,27)/t14?,17-/m0/s1. The van der Waals surface area contributed by atoms with Gasteiger partial charge in [-0.25, -0.2) is 4.79 Å². The van der Waals surface area contributed by atoms with E-state index in [1.54, 1.807) is 13.2 Å². The molecule has 1 amide bonds. The lowest BCUT2D eigenvalue weighted by atomic mass is 10.1. The predicted molar refractivity (Wildman–Crippen MR) is 104 cm³/mol. The van der Waals surface area contributed by atoms with Crippen molar-refractivity contribution in [3.8, 4) is 5.75 Å². The fourth-order valence-corrected chi connectivity index (χ4v) is 3.48. The van der Waals surface area contributed by atoms with E-state index in [1.807, 2.05) is 36.1 Å². The van der Waals surface area contributed by atoms with Crippen LogP contribution in [0.3, 0.4) is 0 Å². The van der Waals surface area contributed by atoms with Crippen molar-refractivity contribution in [2.24, 2.45) is 5.92 Å². The van der Waals surface area contributed by atoms with Gasteiger partial charge in [0.25, 0.3) is 0 Å². The third-order valence-electron chi connectivity index (χ3n) is 5.18. The summed E-state index contributed by atoms with van der Waals surface area (Å²) in [5.41, 5.74) is 1.94. The Kier molecular flexibility index (Phi) is 6.26. The second-order valence-electron chi connectivity index (χ2n) is 6.94. The average molecular weight is 383 g/mol. The van der Waals surface area contributed by atoms with Gasteiger partial charge in [0.15, 0.2) is 0 Å². The maximum Gasteiger partial charge on any atom is 0.335 e. The molecule has 0 radical (unpaired) electrons. The topological polar surface area (TPSA) is 91.8 Å². The van der Waals surface area contributed by atoms with Crippen molar-refractivity contribution in [3.63, 3.8) is 0 Å². The maximum atomic E-state index is 12.8. The number of carboxylic acid groups (broad SMARTS) is 1. The highest BCUT2D eigenvalue weighted by molar-refractivity contribution is 5.87. The predicted octanol–water partition coefficient (Wildman–Crippen LogP) is 2.49. The largest absolute Gasteiger partial charge is 0.497 e. The molecule has 1 aliphatic rings. The molecule has 148 valence electrons. The first-order valence-corrected chi connectivity index (χ1v) is 9.33. The number of pyridine rings is 1. The summed E-state index contributed by atoms with van der Waals surface area (Å²) in [6, 6.07) is 10.8. The molecule has 0 saturated carbocycles. The molecule has 0 bridgehead atoms. The Labute approximate surface area is 164 Å². The molecule has 1 aromatic carbocycles. The van der Waals surface area contributed by atoms with Gasteiger partial charge in [-0.1, -0.05) is 12.1 Å². The van der Waals surface area contributed by atoms with E-state index in [2.05, 4.69) is 10.3 Å². The van der Waals surface area contributed by atoms with Gasteiger partial charge >= 0.3 is 5.97 Å². The third-order valence-corrected chi connectivity index (χ3v) is 5.18. The lowest BCUT2D eigenvalue weighted by Crippen LogP contribution is -2.33. The summed E-state index contributed by atoms with van der Waals surface area (Å²) >= 11 is 0. The Morgan fingerprint density at radius 2 is 2.11 bits per heavy atom. The summed E-state index contributed by atoms with van der Waals surface area (Å²) in [5, 5.41) is 12.3. The summed E-state index contributed by atoms with van der Waals surface area (Å²) in [7, 11) is 1.63. The highest BCUT2D eigenvalue weighted by atomic mass is 16.5. The Hall–Kier alpha value is -2.93. The average Bonchev–Trinajstić information content (AvgIpc) is 3.08. The minimum absolute atomic E-state index is 0.0114. The zero-order valence-corrected chi connectivity index (χ0v) is 16.1. The van der Waals surface area contributed by atoms with E-state index in [9.17, 15) is 9.59 Å². The lowest BCUT2D eigenvalue weighted by Gasteiger charge is -2.25. The third kappa shape index (κ3) is 4.48. The van der Waals surface area contributed by atoms with E-state index in [1.165, 1.54) is 12.3 Å². The van der Waals surface area contributed by atoms with Crippen molar-refractivity contribution in [3.05, 3.63) is 59.4 Å². The lowest BCUT2D eigenvalue weighted by molar-refractivity contribution is -0.132. The number of carbonyl (C=O) groups excluding carboxylic acids is 1. The fraction of sp³-hybridized carbons (Fsp3) is 0.381. The van der Waals surface area contributed by atoms with Gasteiger partial charge in [0.05, 0.1) is 30.3 Å². The van der Waals surface area contributed by atoms with Crippen LogP contribution in [0, 0.1) is 5.92 Å². The van der Waals surface area contributed by atoms with Gasteiger partial charge in [-0.2, -0.15) is 0 Å². The smallest absolute Gasteiger partial charge is 0.335 e. The van der Waals surface area contributed by atoms with Crippen LogP contribution < -0.4 is 10.1 Å². The number of carboxylic acids is 1. The van der Waals surface area contributed by atoms with E-state index in [0.717, 1.165) is 24.3 Å². The number of methoxy groups -OCH3 is 1. The van der Waals surface area contributed by atoms with Crippen LogP contribution in [0.5, 0.6) is 5.75 Å². The van der Waals surface area contributed by atoms with Crippen LogP contribution in [0.15, 0.2) is 42.6 Å². The molecule has 7 heteroatoms. The summed E-state index contributed by atoms with van der Waals surface area (Å²) in [6.45, 7) is 3.74. The molecule has 1 aromatic heterocycles. The summed E-state index contributed by atoms with van der Waals surface area (Å²) in [5.74, 6) is -0.115. The highest BCUT2D eigenvalue weighted by Gasteiger charge is 2.34. The number of hydrogen-bond acceptors (Lipinski definition) is 5. The normalized spacial score (nSPS) is 17.6. The van der Waals surface area contributed by atoms with Crippen LogP contribution >= 0.6 is 0 Å². The van der Waals surface area contributed by atoms with Crippen molar-refractivity contribution in [2.45, 2.75) is 25.9 Å². The molecule has 3 rings (SSSR count). The minimum atomic E-state index is -0.974. The molecular weight excluding hydrogens is 358 g/mol. The van der Waals surface area contributed by atoms with Gasteiger partial charge < -0.3 is 20.1 Å². The molecule has 2 atom stereocenters. The summed E-state index contributed by atoms with van der Waals surface area (Å²) < 4.78 is 5.19. The molecule has 0 spiro atoms. The molecule has 7 nitrogen and oxygen atoms in total. The van der Waals surface area contributed by atoms with E-state index < -0.39 is 5.97 Å². The van der Waals surface area contributed by atoms with Crippen molar-refractivity contribution in [1.29, 1.82) is 0 Å². The molecule has 28 heavy (non-hydrogen) atoms. The van der Waals surface area contributed by atoms with Crippen molar-refractivity contribution >= 4 is 11.9 Å². The van der Waals surface area contributed by atoms with Gasteiger partial charge in [-0.15, -0.1) is 0 Å². The van der Waals surface area contributed by atoms with Crippen LogP contribution in [-0.2, 0) is 11.3 Å². The maximum absolute atomic E-state index is 12.8. The van der Waals surface area contributed by atoms with Gasteiger partial charge in [-0.3, -0.25) is 9.78 Å². The number of aromatic nitrogens is 1. The van der Waals surface area contributed by atoms with Crippen LogP contribution in [0.2, 0.25) is 0 Å². The number of hydrogen-bond donors (Lipinski definition) is 2. The van der Waals surface area contributed by atoms with Crippen molar-refractivity contribution in [1.82, 2.24) is 15.2 Å². The van der Waals surface area contributed by atoms with Gasteiger partial charge in [-0.05, 0) is 43.2 Å². The zero-order chi connectivity index (χ0) is 20.1. The SMILES string of the molecule is COc1ccc(C(C)N2CC[C@@H](CNCc3cc(C(=O)O)ccn3)C2=O)cc1. The first kappa shape index (κ1) is 19.8. The molecule has 2 N–H and O–H groups in total. The van der Waals surface area contributed by atoms with Crippen molar-refractivity contribution < 1.29 is 19.4 Å². The second kappa shape index (κ2) is 8.84. The Balaban J connectivity index is 1.53. The second-order valence-corrected chi connectivity index (χ2v) is 6.94. The Morgan fingerprint density at radius 1 is 1.36 bits per heavy atom. The molecule has 1 aliphatic heterocycles. The van der Waals surface area contributed by atoms with Crippen LogP contribution in [0.4, 0.5) is 0 Å². The quantitative estimate of drug-likeness (QED) is 0.728.